The summed E-state index contributed by atoms with van der Waals surface area (Å²) in [6.07, 6.45) is -4.66. The number of hydrogen-bond donors (Lipinski definition) is 0. The van der Waals surface area contributed by atoms with Crippen LogP contribution in [0.2, 0.25) is 0 Å². The highest BCUT2D eigenvalue weighted by Crippen LogP contribution is 2.25. The summed E-state index contributed by atoms with van der Waals surface area (Å²) in [5.41, 5.74) is -1.23. The molecule has 1 fully saturated rings. The number of aromatic nitrogens is 4. The van der Waals surface area contributed by atoms with Crippen molar-refractivity contribution in [3.63, 3.8) is 0 Å². The normalized spacial score (nSPS) is 15.9. The third-order valence-electron chi connectivity index (χ3n) is 5.00. The van der Waals surface area contributed by atoms with Crippen LogP contribution in [0.4, 0.5) is 17.6 Å². The fraction of sp³-hybridized carbons (Fsp3) is 0.588. The van der Waals surface area contributed by atoms with Gasteiger partial charge in [0.2, 0.25) is 15.9 Å². The topological polar surface area (TPSA) is 93.3 Å². The van der Waals surface area contributed by atoms with Crippen molar-refractivity contribution in [2.24, 2.45) is 0 Å². The highest BCUT2D eigenvalue weighted by molar-refractivity contribution is 7.89. The van der Waals surface area contributed by atoms with E-state index in [0.29, 0.717) is 23.0 Å². The molecule has 0 unspecified atom stereocenters. The summed E-state index contributed by atoms with van der Waals surface area (Å²) in [5, 5.41) is 7.54. The summed E-state index contributed by atoms with van der Waals surface area (Å²) in [5.74, 6) is -0.613. The largest absolute Gasteiger partial charge is 0.338 e. The molecule has 9 nitrogen and oxygen atoms in total. The van der Waals surface area contributed by atoms with E-state index in [1.807, 2.05) is 6.92 Å². The number of sulfonamides is 1. The number of carbonyl (C=O) groups excluding carboxylic acids is 1. The maximum absolute atomic E-state index is 13.1. The van der Waals surface area contributed by atoms with Gasteiger partial charge in [0.05, 0.1) is 5.69 Å². The van der Waals surface area contributed by atoms with Crippen LogP contribution in [0.1, 0.15) is 36.9 Å². The molecule has 0 bridgehead atoms. The summed E-state index contributed by atoms with van der Waals surface area (Å²) >= 11 is 0. The molecule has 0 spiro atoms. The van der Waals surface area contributed by atoms with E-state index >= 15 is 0 Å². The van der Waals surface area contributed by atoms with Crippen molar-refractivity contribution in [3.8, 4) is 0 Å². The first-order valence-corrected chi connectivity index (χ1v) is 10.9. The lowest BCUT2D eigenvalue weighted by atomic mass is 10.3. The van der Waals surface area contributed by atoms with Crippen molar-refractivity contribution in [1.29, 1.82) is 0 Å². The quantitative estimate of drug-likeness (QED) is 0.581. The van der Waals surface area contributed by atoms with Crippen molar-refractivity contribution in [3.05, 3.63) is 29.3 Å². The maximum Gasteiger partial charge on any atom is 0.282 e. The Bertz CT molecular complexity index is 1040. The van der Waals surface area contributed by atoms with Gasteiger partial charge in [-0.3, -0.25) is 14.2 Å². The lowest BCUT2D eigenvalue weighted by molar-refractivity contribution is -0.133. The first kappa shape index (κ1) is 23.2. The van der Waals surface area contributed by atoms with Gasteiger partial charge < -0.3 is 4.90 Å². The fourth-order valence-corrected chi connectivity index (χ4v) is 4.91. The molecule has 2 aromatic heterocycles. The second kappa shape index (κ2) is 8.94. The van der Waals surface area contributed by atoms with Crippen LogP contribution in [-0.4, -0.2) is 69.3 Å². The Morgan fingerprint density at radius 1 is 1.10 bits per heavy atom. The van der Waals surface area contributed by atoms with Crippen LogP contribution in [0.15, 0.2) is 17.2 Å². The molecule has 0 radical (unpaired) electrons. The van der Waals surface area contributed by atoms with Gasteiger partial charge in [0.1, 0.15) is 22.8 Å². The van der Waals surface area contributed by atoms with Crippen LogP contribution in [0.5, 0.6) is 0 Å². The maximum atomic E-state index is 13.1. The number of hydrogen-bond acceptors (Lipinski definition) is 5. The Labute approximate surface area is 176 Å². The molecule has 1 saturated heterocycles. The predicted octanol–water partition coefficient (Wildman–Crippen LogP) is 1.82. The van der Waals surface area contributed by atoms with E-state index in [4.69, 9.17) is 0 Å². The zero-order valence-electron chi connectivity index (χ0n) is 16.9. The lowest BCUT2D eigenvalue weighted by Gasteiger charge is -2.34. The van der Waals surface area contributed by atoms with Crippen molar-refractivity contribution in [2.45, 2.75) is 44.7 Å². The number of piperazine rings is 1. The third kappa shape index (κ3) is 4.74. The van der Waals surface area contributed by atoms with Crippen molar-refractivity contribution < 1.29 is 30.8 Å². The van der Waals surface area contributed by atoms with Gasteiger partial charge in [0.15, 0.2) is 0 Å². The molecule has 0 atom stereocenters. The zero-order chi connectivity index (χ0) is 22.9. The molecule has 2 aromatic rings. The van der Waals surface area contributed by atoms with Crippen LogP contribution >= 0.6 is 0 Å². The van der Waals surface area contributed by atoms with E-state index in [1.54, 1.807) is 6.92 Å². The van der Waals surface area contributed by atoms with E-state index in [1.165, 1.54) is 20.1 Å². The van der Waals surface area contributed by atoms with Crippen LogP contribution in [-0.2, 0) is 27.9 Å². The van der Waals surface area contributed by atoms with Gasteiger partial charge in [-0.2, -0.15) is 14.5 Å². The number of nitrogens with zero attached hydrogens (tertiary/aromatic N) is 6. The van der Waals surface area contributed by atoms with Gasteiger partial charge in [0, 0.05) is 38.9 Å². The third-order valence-corrected chi connectivity index (χ3v) is 7.00. The molecule has 3 rings (SSSR count). The standard InChI is InChI=1S/C17H22F4N6O3S/c1-3-25-9-14(11(2)22-25)31(29,30)26-6-4-24(5-7-26)15(28)10-27-13(17(20)21)8-12(23-27)16(18)19/h8-9,16-17H,3-7,10H2,1-2H3. The number of amides is 1. The van der Waals surface area contributed by atoms with E-state index in [-0.39, 0.29) is 31.1 Å². The molecule has 1 aliphatic heterocycles. The minimum atomic E-state index is -3.80. The minimum absolute atomic E-state index is 0.00785. The molecule has 14 heteroatoms. The van der Waals surface area contributed by atoms with Crippen LogP contribution in [0, 0.1) is 6.92 Å². The summed E-state index contributed by atoms with van der Waals surface area (Å²) in [7, 11) is -3.80. The Balaban J connectivity index is 1.67. The molecule has 31 heavy (non-hydrogen) atoms. The number of carbonyl (C=O) groups is 1. The van der Waals surface area contributed by atoms with Crippen LogP contribution < -0.4 is 0 Å². The Kier molecular flexibility index (Phi) is 6.69. The molecular formula is C17H22F4N6O3S. The monoisotopic (exact) mass is 466 g/mol. The van der Waals surface area contributed by atoms with Crippen molar-refractivity contribution in [2.75, 3.05) is 26.2 Å². The molecule has 172 valence electrons. The highest BCUT2D eigenvalue weighted by atomic mass is 32.2. The molecule has 0 saturated carbocycles. The molecule has 1 aliphatic rings. The first-order valence-electron chi connectivity index (χ1n) is 9.50. The van der Waals surface area contributed by atoms with E-state index in [9.17, 15) is 30.8 Å². The average molecular weight is 466 g/mol. The Morgan fingerprint density at radius 3 is 2.26 bits per heavy atom. The lowest BCUT2D eigenvalue weighted by Crippen LogP contribution is -2.51. The van der Waals surface area contributed by atoms with Gasteiger partial charge in [0.25, 0.3) is 12.9 Å². The average Bonchev–Trinajstić information content (AvgIpc) is 3.32. The molecule has 0 aliphatic carbocycles. The van der Waals surface area contributed by atoms with Gasteiger partial charge in [-0.1, -0.05) is 0 Å². The summed E-state index contributed by atoms with van der Waals surface area (Å²) < 4.78 is 80.8. The molecule has 3 heterocycles. The molecule has 1 amide bonds. The number of aryl methyl sites for hydroxylation is 2. The number of halogens is 4. The predicted molar refractivity (Wildman–Crippen MR) is 100 cm³/mol. The number of alkyl halides is 4. The Morgan fingerprint density at radius 2 is 1.74 bits per heavy atom. The summed E-state index contributed by atoms with van der Waals surface area (Å²) in [6, 6.07) is 0.575. The second-order valence-electron chi connectivity index (χ2n) is 6.97. The molecule has 0 aromatic carbocycles. The van der Waals surface area contributed by atoms with Gasteiger partial charge in [-0.25, -0.2) is 26.0 Å². The summed E-state index contributed by atoms with van der Waals surface area (Å²) in [4.78, 5) is 13.9. The Hall–Kier alpha value is -2.48. The van der Waals surface area contributed by atoms with E-state index in [2.05, 4.69) is 10.2 Å². The SMILES string of the molecule is CCn1cc(S(=O)(=O)N2CCN(C(=O)Cn3nc(C(F)F)cc3C(F)F)CC2)c(C)n1. The smallest absolute Gasteiger partial charge is 0.282 e. The number of rotatable bonds is 7. The van der Waals surface area contributed by atoms with Gasteiger partial charge >= 0.3 is 0 Å². The van der Waals surface area contributed by atoms with Crippen LogP contribution in [0.3, 0.4) is 0 Å². The fourth-order valence-electron chi connectivity index (χ4n) is 3.32. The molecular weight excluding hydrogens is 444 g/mol. The highest BCUT2D eigenvalue weighted by Gasteiger charge is 2.33. The van der Waals surface area contributed by atoms with Crippen LogP contribution in [0.25, 0.3) is 0 Å². The van der Waals surface area contributed by atoms with E-state index < -0.39 is 46.7 Å². The minimum Gasteiger partial charge on any atom is -0.338 e. The molecule has 0 N–H and O–H groups in total. The van der Waals surface area contributed by atoms with E-state index in [0.717, 1.165) is 0 Å². The van der Waals surface area contributed by atoms with Gasteiger partial charge in [-0.15, -0.1) is 0 Å². The second-order valence-corrected chi connectivity index (χ2v) is 8.88. The van der Waals surface area contributed by atoms with Crippen molar-refractivity contribution >= 4 is 15.9 Å². The van der Waals surface area contributed by atoms with Gasteiger partial charge in [-0.05, 0) is 19.9 Å². The van der Waals surface area contributed by atoms with Crippen molar-refractivity contribution in [1.82, 2.24) is 28.8 Å². The zero-order valence-corrected chi connectivity index (χ0v) is 17.7. The first-order chi connectivity index (χ1) is 14.5. The summed E-state index contributed by atoms with van der Waals surface area (Å²) in [6.45, 7) is 3.38.